The Morgan fingerprint density at radius 2 is 2.11 bits per heavy atom. The Labute approximate surface area is 55.0 Å². The fraction of sp³-hybridized carbons (Fsp3) is 1.00. The first-order valence-electron chi connectivity index (χ1n) is 3.22. The second-order valence-corrected chi connectivity index (χ2v) is 1.85. The largest absolute Gasteiger partial charge is 0.350 e. The normalized spacial score (nSPS) is 22.3. The second kappa shape index (κ2) is 3.79. The van der Waals surface area contributed by atoms with Gasteiger partial charge in [0.25, 0.3) is 0 Å². The van der Waals surface area contributed by atoms with Crippen molar-refractivity contribution in [2.75, 3.05) is 19.9 Å². The standard InChI is InChI=1S/C5H13N3O/c1-2-9-5-7-3-6-4-8-5/h5-8H,2-4H2,1H3. The van der Waals surface area contributed by atoms with Crippen molar-refractivity contribution < 1.29 is 4.74 Å². The fourth-order valence-corrected chi connectivity index (χ4v) is 0.749. The topological polar surface area (TPSA) is 45.3 Å². The van der Waals surface area contributed by atoms with Gasteiger partial charge in [-0.2, -0.15) is 0 Å². The van der Waals surface area contributed by atoms with E-state index >= 15 is 0 Å². The van der Waals surface area contributed by atoms with Gasteiger partial charge in [-0.1, -0.05) is 0 Å². The van der Waals surface area contributed by atoms with Gasteiger partial charge in [-0.3, -0.25) is 16.0 Å². The maximum atomic E-state index is 5.22. The molecule has 0 spiro atoms. The fourth-order valence-electron chi connectivity index (χ4n) is 0.749. The summed E-state index contributed by atoms with van der Waals surface area (Å²) >= 11 is 0. The molecule has 0 unspecified atom stereocenters. The molecule has 1 aliphatic rings. The first-order valence-corrected chi connectivity index (χ1v) is 3.22. The Bertz CT molecular complexity index is 69.8. The molecule has 9 heavy (non-hydrogen) atoms. The lowest BCUT2D eigenvalue weighted by atomic mass is 10.7. The van der Waals surface area contributed by atoms with E-state index in [-0.39, 0.29) is 6.35 Å². The van der Waals surface area contributed by atoms with Crippen molar-refractivity contribution in [2.24, 2.45) is 0 Å². The third-order valence-corrected chi connectivity index (χ3v) is 1.16. The van der Waals surface area contributed by atoms with Crippen molar-refractivity contribution in [3.63, 3.8) is 0 Å². The van der Waals surface area contributed by atoms with Gasteiger partial charge in [0, 0.05) is 19.9 Å². The molecule has 4 heteroatoms. The number of hydrogen-bond donors (Lipinski definition) is 3. The highest BCUT2D eigenvalue weighted by Gasteiger charge is 2.08. The van der Waals surface area contributed by atoms with Crippen LogP contribution in [0.4, 0.5) is 0 Å². The molecule has 1 saturated heterocycles. The summed E-state index contributed by atoms with van der Waals surface area (Å²) in [6.07, 6.45) is 0.0382. The minimum Gasteiger partial charge on any atom is -0.350 e. The maximum absolute atomic E-state index is 5.22. The summed E-state index contributed by atoms with van der Waals surface area (Å²) in [6, 6.07) is 0. The minimum atomic E-state index is 0.0382. The Kier molecular flexibility index (Phi) is 2.93. The van der Waals surface area contributed by atoms with E-state index in [4.69, 9.17) is 4.74 Å². The van der Waals surface area contributed by atoms with Gasteiger partial charge in [0.1, 0.15) is 0 Å². The Hall–Kier alpha value is -0.160. The molecular formula is C5H13N3O. The molecule has 0 amide bonds. The first kappa shape index (κ1) is 6.95. The predicted molar refractivity (Wildman–Crippen MR) is 34.6 cm³/mol. The van der Waals surface area contributed by atoms with Crippen LogP contribution < -0.4 is 16.0 Å². The van der Waals surface area contributed by atoms with E-state index in [2.05, 4.69) is 16.0 Å². The molecule has 1 aliphatic heterocycles. The smallest absolute Gasteiger partial charge is 0.165 e. The van der Waals surface area contributed by atoms with Gasteiger partial charge in [-0.25, -0.2) is 0 Å². The van der Waals surface area contributed by atoms with Gasteiger partial charge in [-0.15, -0.1) is 0 Å². The Morgan fingerprint density at radius 1 is 1.44 bits per heavy atom. The van der Waals surface area contributed by atoms with Crippen LogP contribution in [0.2, 0.25) is 0 Å². The molecular weight excluding hydrogens is 118 g/mol. The van der Waals surface area contributed by atoms with Crippen LogP contribution in [0.15, 0.2) is 0 Å². The first-order chi connectivity index (χ1) is 4.43. The van der Waals surface area contributed by atoms with Crippen LogP contribution in [0.25, 0.3) is 0 Å². The van der Waals surface area contributed by atoms with E-state index in [0.29, 0.717) is 0 Å². The number of rotatable bonds is 2. The number of nitrogens with one attached hydrogen (secondary N) is 3. The zero-order valence-electron chi connectivity index (χ0n) is 5.61. The van der Waals surface area contributed by atoms with E-state index in [1.54, 1.807) is 0 Å². The highest BCUT2D eigenvalue weighted by atomic mass is 16.5. The van der Waals surface area contributed by atoms with E-state index in [1.165, 1.54) is 0 Å². The van der Waals surface area contributed by atoms with Crippen molar-refractivity contribution in [1.29, 1.82) is 0 Å². The summed E-state index contributed by atoms with van der Waals surface area (Å²) in [7, 11) is 0. The van der Waals surface area contributed by atoms with Gasteiger partial charge in [0.05, 0.1) is 0 Å². The molecule has 0 bridgehead atoms. The molecule has 1 rings (SSSR count). The van der Waals surface area contributed by atoms with Gasteiger partial charge in [-0.05, 0) is 6.92 Å². The third-order valence-electron chi connectivity index (χ3n) is 1.16. The van der Waals surface area contributed by atoms with Crippen molar-refractivity contribution in [1.82, 2.24) is 16.0 Å². The summed E-state index contributed by atoms with van der Waals surface area (Å²) in [4.78, 5) is 0. The predicted octanol–water partition coefficient (Wildman–Crippen LogP) is -0.996. The molecule has 0 saturated carbocycles. The van der Waals surface area contributed by atoms with Crippen LogP contribution in [0, 0.1) is 0 Å². The molecule has 3 N–H and O–H groups in total. The van der Waals surface area contributed by atoms with Crippen LogP contribution in [-0.2, 0) is 4.74 Å². The monoisotopic (exact) mass is 131 g/mol. The van der Waals surface area contributed by atoms with Crippen LogP contribution in [-0.4, -0.2) is 26.3 Å². The highest BCUT2D eigenvalue weighted by molar-refractivity contribution is 4.57. The quantitative estimate of drug-likeness (QED) is 0.450. The molecule has 0 aromatic carbocycles. The van der Waals surface area contributed by atoms with Gasteiger partial charge in [0.15, 0.2) is 6.35 Å². The molecule has 4 nitrogen and oxygen atoms in total. The molecule has 0 aliphatic carbocycles. The molecule has 0 atom stereocenters. The maximum Gasteiger partial charge on any atom is 0.165 e. The van der Waals surface area contributed by atoms with Gasteiger partial charge >= 0.3 is 0 Å². The lowest BCUT2D eigenvalue weighted by molar-refractivity contribution is -0.00162. The summed E-state index contributed by atoms with van der Waals surface area (Å²) in [5.74, 6) is 0. The van der Waals surface area contributed by atoms with E-state index < -0.39 is 0 Å². The van der Waals surface area contributed by atoms with E-state index in [1.807, 2.05) is 6.92 Å². The summed E-state index contributed by atoms with van der Waals surface area (Å²) < 4.78 is 5.22. The highest BCUT2D eigenvalue weighted by Crippen LogP contribution is 1.82. The SMILES string of the molecule is CCOC1NCNCN1. The number of hydrogen-bond acceptors (Lipinski definition) is 4. The van der Waals surface area contributed by atoms with E-state index in [9.17, 15) is 0 Å². The van der Waals surface area contributed by atoms with Crippen molar-refractivity contribution in [3.8, 4) is 0 Å². The number of ether oxygens (including phenoxy) is 1. The van der Waals surface area contributed by atoms with Crippen LogP contribution in [0.3, 0.4) is 0 Å². The zero-order valence-corrected chi connectivity index (χ0v) is 5.61. The van der Waals surface area contributed by atoms with Crippen LogP contribution >= 0.6 is 0 Å². The second-order valence-electron chi connectivity index (χ2n) is 1.85. The summed E-state index contributed by atoms with van der Waals surface area (Å²) in [6.45, 7) is 4.35. The van der Waals surface area contributed by atoms with Gasteiger partial charge < -0.3 is 4.74 Å². The van der Waals surface area contributed by atoms with Crippen molar-refractivity contribution in [3.05, 3.63) is 0 Å². The average Bonchev–Trinajstić information content (AvgIpc) is 1.91. The molecule has 1 fully saturated rings. The van der Waals surface area contributed by atoms with Crippen molar-refractivity contribution >= 4 is 0 Å². The van der Waals surface area contributed by atoms with Gasteiger partial charge in [0.2, 0.25) is 0 Å². The summed E-state index contributed by atoms with van der Waals surface area (Å²) in [5.41, 5.74) is 0. The van der Waals surface area contributed by atoms with Crippen LogP contribution in [0.5, 0.6) is 0 Å². The van der Waals surface area contributed by atoms with Crippen LogP contribution in [0.1, 0.15) is 6.92 Å². The summed E-state index contributed by atoms with van der Waals surface area (Å²) in [5, 5.41) is 9.22. The minimum absolute atomic E-state index is 0.0382. The van der Waals surface area contributed by atoms with Crippen molar-refractivity contribution in [2.45, 2.75) is 13.3 Å². The Balaban J connectivity index is 2.08. The lowest BCUT2D eigenvalue weighted by Crippen LogP contribution is -2.56. The molecule has 0 aromatic rings. The Morgan fingerprint density at radius 3 is 2.67 bits per heavy atom. The molecule has 1 heterocycles. The zero-order chi connectivity index (χ0) is 6.53. The third kappa shape index (κ3) is 2.28. The molecule has 0 aromatic heterocycles. The van der Waals surface area contributed by atoms with E-state index in [0.717, 1.165) is 19.9 Å². The molecule has 54 valence electrons. The average molecular weight is 131 g/mol. The molecule has 0 radical (unpaired) electrons. The lowest BCUT2D eigenvalue weighted by Gasteiger charge is -2.25.